The van der Waals surface area contributed by atoms with E-state index in [1.807, 2.05) is 12.1 Å². The highest BCUT2D eigenvalue weighted by Gasteiger charge is 2.17. The third-order valence-electron chi connectivity index (χ3n) is 3.23. The van der Waals surface area contributed by atoms with E-state index in [2.05, 4.69) is 38.3 Å². The van der Waals surface area contributed by atoms with Crippen LogP contribution in [0.15, 0.2) is 28.7 Å². The number of rotatable bonds is 4. The SMILES string of the molecule is OCC(CN1CCNCC1)c1cccc(Br)c1. The first-order chi connectivity index (χ1) is 8.29. The van der Waals surface area contributed by atoms with E-state index in [0.29, 0.717) is 0 Å². The summed E-state index contributed by atoms with van der Waals surface area (Å²) in [6, 6.07) is 8.24. The van der Waals surface area contributed by atoms with Crippen LogP contribution in [0, 0.1) is 0 Å². The second-order valence-corrected chi connectivity index (χ2v) is 5.40. The van der Waals surface area contributed by atoms with Crippen LogP contribution in [0.4, 0.5) is 0 Å². The highest BCUT2D eigenvalue weighted by atomic mass is 79.9. The van der Waals surface area contributed by atoms with Crippen LogP contribution in [0.2, 0.25) is 0 Å². The number of halogens is 1. The van der Waals surface area contributed by atoms with Crippen molar-refractivity contribution in [3.8, 4) is 0 Å². The first kappa shape index (κ1) is 13.0. The molecule has 1 unspecified atom stereocenters. The van der Waals surface area contributed by atoms with Gasteiger partial charge in [0.25, 0.3) is 0 Å². The quantitative estimate of drug-likeness (QED) is 0.883. The van der Waals surface area contributed by atoms with Gasteiger partial charge in [0.1, 0.15) is 0 Å². The van der Waals surface area contributed by atoms with Crippen LogP contribution in [0.5, 0.6) is 0 Å². The first-order valence-corrected chi connectivity index (χ1v) is 6.88. The Morgan fingerprint density at radius 2 is 2.12 bits per heavy atom. The van der Waals surface area contributed by atoms with Crippen molar-refractivity contribution in [1.29, 1.82) is 0 Å². The maximum atomic E-state index is 9.54. The first-order valence-electron chi connectivity index (χ1n) is 6.09. The number of aliphatic hydroxyl groups excluding tert-OH is 1. The highest BCUT2D eigenvalue weighted by molar-refractivity contribution is 9.10. The molecule has 2 rings (SSSR count). The normalized spacial score (nSPS) is 19.2. The van der Waals surface area contributed by atoms with Crippen LogP contribution >= 0.6 is 15.9 Å². The molecule has 3 nitrogen and oxygen atoms in total. The fourth-order valence-corrected chi connectivity index (χ4v) is 2.65. The van der Waals surface area contributed by atoms with Gasteiger partial charge in [0.2, 0.25) is 0 Å². The van der Waals surface area contributed by atoms with Gasteiger partial charge in [-0.25, -0.2) is 0 Å². The molecule has 2 N–H and O–H groups in total. The molecule has 0 aromatic heterocycles. The predicted octanol–water partition coefficient (Wildman–Crippen LogP) is 1.43. The lowest BCUT2D eigenvalue weighted by molar-refractivity contribution is 0.185. The van der Waals surface area contributed by atoms with Gasteiger partial charge in [0, 0.05) is 43.1 Å². The van der Waals surface area contributed by atoms with Crippen LogP contribution < -0.4 is 5.32 Å². The summed E-state index contributed by atoms with van der Waals surface area (Å²) >= 11 is 3.48. The molecule has 0 spiro atoms. The van der Waals surface area contributed by atoms with Crippen molar-refractivity contribution >= 4 is 15.9 Å². The Hall–Kier alpha value is -0.420. The average Bonchev–Trinajstić information content (AvgIpc) is 2.37. The monoisotopic (exact) mass is 298 g/mol. The van der Waals surface area contributed by atoms with E-state index >= 15 is 0 Å². The largest absolute Gasteiger partial charge is 0.396 e. The molecule has 17 heavy (non-hydrogen) atoms. The van der Waals surface area contributed by atoms with Gasteiger partial charge in [-0.2, -0.15) is 0 Å². The molecule has 0 saturated carbocycles. The van der Waals surface area contributed by atoms with Crippen molar-refractivity contribution in [1.82, 2.24) is 10.2 Å². The fourth-order valence-electron chi connectivity index (χ4n) is 2.23. The second-order valence-electron chi connectivity index (χ2n) is 4.49. The molecule has 1 atom stereocenters. The minimum Gasteiger partial charge on any atom is -0.396 e. The van der Waals surface area contributed by atoms with Gasteiger partial charge in [-0.05, 0) is 17.7 Å². The summed E-state index contributed by atoms with van der Waals surface area (Å²) in [5, 5.41) is 12.9. The molecular weight excluding hydrogens is 280 g/mol. The third-order valence-corrected chi connectivity index (χ3v) is 3.72. The Bertz CT molecular complexity index is 353. The van der Waals surface area contributed by atoms with Crippen molar-refractivity contribution in [2.24, 2.45) is 0 Å². The number of nitrogens with one attached hydrogen (secondary N) is 1. The molecule has 0 aliphatic carbocycles. The van der Waals surface area contributed by atoms with Gasteiger partial charge in [-0.15, -0.1) is 0 Å². The lowest BCUT2D eigenvalue weighted by atomic mass is 9.99. The highest BCUT2D eigenvalue weighted by Crippen LogP contribution is 2.21. The molecule has 1 aliphatic rings. The molecule has 4 heteroatoms. The molecular formula is C13H19BrN2O. The van der Waals surface area contributed by atoms with Crippen molar-refractivity contribution in [3.63, 3.8) is 0 Å². The molecule has 0 radical (unpaired) electrons. The molecule has 0 amide bonds. The Morgan fingerprint density at radius 1 is 1.35 bits per heavy atom. The Kier molecular flexibility index (Phi) is 4.98. The number of hydrogen-bond donors (Lipinski definition) is 2. The van der Waals surface area contributed by atoms with Crippen molar-refractivity contribution in [3.05, 3.63) is 34.3 Å². The lowest BCUT2D eigenvalue weighted by Crippen LogP contribution is -2.45. The predicted molar refractivity (Wildman–Crippen MR) is 73.3 cm³/mol. The molecule has 1 aromatic rings. The Labute approximate surface area is 111 Å². The second kappa shape index (κ2) is 6.50. The molecule has 1 saturated heterocycles. The van der Waals surface area contributed by atoms with Crippen LogP contribution in [0.25, 0.3) is 0 Å². The fraction of sp³-hybridized carbons (Fsp3) is 0.538. The summed E-state index contributed by atoms with van der Waals surface area (Å²) in [7, 11) is 0. The average molecular weight is 299 g/mol. The topological polar surface area (TPSA) is 35.5 Å². The summed E-state index contributed by atoms with van der Waals surface area (Å²) < 4.78 is 1.08. The van der Waals surface area contributed by atoms with Gasteiger partial charge >= 0.3 is 0 Å². The standard InChI is InChI=1S/C13H19BrN2O/c14-13-3-1-2-11(8-13)12(10-17)9-16-6-4-15-5-7-16/h1-3,8,12,15,17H,4-7,9-10H2. The number of hydrogen-bond acceptors (Lipinski definition) is 3. The van der Waals surface area contributed by atoms with E-state index < -0.39 is 0 Å². The summed E-state index contributed by atoms with van der Waals surface area (Å²) in [6.45, 7) is 5.40. The zero-order chi connectivity index (χ0) is 12.1. The molecule has 0 bridgehead atoms. The van der Waals surface area contributed by atoms with Crippen LogP contribution in [-0.2, 0) is 0 Å². The number of aliphatic hydroxyl groups is 1. The van der Waals surface area contributed by atoms with Gasteiger partial charge in [0.05, 0.1) is 6.61 Å². The van der Waals surface area contributed by atoms with E-state index in [9.17, 15) is 5.11 Å². The van der Waals surface area contributed by atoms with Gasteiger partial charge in [-0.1, -0.05) is 28.1 Å². The van der Waals surface area contributed by atoms with Crippen molar-refractivity contribution in [2.45, 2.75) is 5.92 Å². The van der Waals surface area contributed by atoms with Gasteiger partial charge in [-0.3, -0.25) is 0 Å². The zero-order valence-corrected chi connectivity index (χ0v) is 11.5. The smallest absolute Gasteiger partial charge is 0.0512 e. The van der Waals surface area contributed by atoms with E-state index in [1.165, 1.54) is 5.56 Å². The van der Waals surface area contributed by atoms with E-state index in [1.54, 1.807) is 0 Å². The summed E-state index contributed by atoms with van der Waals surface area (Å²) in [5.74, 6) is 0.214. The summed E-state index contributed by atoms with van der Waals surface area (Å²) in [5.41, 5.74) is 1.21. The Morgan fingerprint density at radius 3 is 2.76 bits per heavy atom. The Balaban J connectivity index is 2.00. The lowest BCUT2D eigenvalue weighted by Gasteiger charge is -2.30. The minimum absolute atomic E-state index is 0.209. The van der Waals surface area contributed by atoms with Crippen LogP contribution in [0.3, 0.4) is 0 Å². The number of nitrogens with zero attached hydrogens (tertiary/aromatic N) is 1. The van der Waals surface area contributed by atoms with Crippen LogP contribution in [0.1, 0.15) is 11.5 Å². The third kappa shape index (κ3) is 3.78. The summed E-state index contributed by atoms with van der Waals surface area (Å²) in [6.07, 6.45) is 0. The van der Waals surface area contributed by atoms with E-state index in [-0.39, 0.29) is 12.5 Å². The van der Waals surface area contributed by atoms with Crippen molar-refractivity contribution in [2.75, 3.05) is 39.3 Å². The van der Waals surface area contributed by atoms with Crippen LogP contribution in [-0.4, -0.2) is 49.3 Å². The van der Waals surface area contributed by atoms with Crippen molar-refractivity contribution < 1.29 is 5.11 Å². The molecule has 1 aromatic carbocycles. The maximum Gasteiger partial charge on any atom is 0.0512 e. The molecule has 94 valence electrons. The minimum atomic E-state index is 0.209. The van der Waals surface area contributed by atoms with Gasteiger partial charge < -0.3 is 15.3 Å². The van der Waals surface area contributed by atoms with E-state index in [4.69, 9.17) is 0 Å². The summed E-state index contributed by atoms with van der Waals surface area (Å²) in [4.78, 5) is 2.41. The molecule has 1 aliphatic heterocycles. The number of piperazine rings is 1. The zero-order valence-electron chi connectivity index (χ0n) is 9.90. The van der Waals surface area contributed by atoms with E-state index in [0.717, 1.165) is 37.2 Å². The molecule has 1 fully saturated rings. The molecule has 1 heterocycles. The number of benzene rings is 1. The van der Waals surface area contributed by atoms with Gasteiger partial charge in [0.15, 0.2) is 0 Å². The maximum absolute atomic E-state index is 9.54.